The summed E-state index contributed by atoms with van der Waals surface area (Å²) in [6, 6.07) is 3.08. The standard InChI is InChI=1S/C19H21FN6OS/c1-10-5-15-17(28-10)16(18(27)26-4-3-14(21)9-26)25-19(24-15)23-11(2)12-6-13(20)8-22-7-12/h5-8,11,14H,3-4,9,21H2,1-2H3,(H,23,24,25)/t11-,14+/m0/s1. The SMILES string of the molecule is Cc1cc2nc(N[C@@H](C)c3cncc(F)c3)nc(C(=O)N3CC[C@@H](N)C3)c2s1. The molecule has 7 nitrogen and oxygen atoms in total. The topological polar surface area (TPSA) is 97.0 Å². The molecule has 0 radical (unpaired) electrons. The lowest BCUT2D eigenvalue weighted by Gasteiger charge is -2.18. The second kappa shape index (κ2) is 7.40. The van der Waals surface area contributed by atoms with Crippen LogP contribution < -0.4 is 11.1 Å². The number of hydrogen-bond donors (Lipinski definition) is 2. The van der Waals surface area contributed by atoms with E-state index >= 15 is 0 Å². The maximum absolute atomic E-state index is 13.5. The van der Waals surface area contributed by atoms with E-state index in [0.717, 1.165) is 27.7 Å². The van der Waals surface area contributed by atoms with E-state index in [9.17, 15) is 9.18 Å². The normalized spacial score (nSPS) is 17.9. The van der Waals surface area contributed by atoms with Gasteiger partial charge in [0.05, 0.1) is 22.5 Å². The van der Waals surface area contributed by atoms with Gasteiger partial charge in [-0.2, -0.15) is 0 Å². The number of likely N-dealkylation sites (tertiary alicyclic amines) is 1. The van der Waals surface area contributed by atoms with Crippen LogP contribution in [-0.2, 0) is 0 Å². The summed E-state index contributed by atoms with van der Waals surface area (Å²) in [5.74, 6) is -0.212. The van der Waals surface area contributed by atoms with Crippen LogP contribution in [-0.4, -0.2) is 44.9 Å². The molecule has 9 heteroatoms. The van der Waals surface area contributed by atoms with E-state index in [4.69, 9.17) is 5.73 Å². The zero-order chi connectivity index (χ0) is 19.8. The number of anilines is 1. The molecule has 4 rings (SSSR count). The van der Waals surface area contributed by atoms with Crippen LogP contribution in [0.3, 0.4) is 0 Å². The minimum Gasteiger partial charge on any atom is -0.348 e. The van der Waals surface area contributed by atoms with Crippen molar-refractivity contribution in [3.05, 3.63) is 46.5 Å². The molecule has 3 aromatic heterocycles. The smallest absolute Gasteiger partial charge is 0.274 e. The van der Waals surface area contributed by atoms with Crippen LogP contribution in [0.25, 0.3) is 10.2 Å². The Bertz CT molecular complexity index is 1040. The van der Waals surface area contributed by atoms with Gasteiger partial charge in [0.1, 0.15) is 5.82 Å². The van der Waals surface area contributed by atoms with E-state index < -0.39 is 5.82 Å². The fourth-order valence-corrected chi connectivity index (χ4v) is 4.25. The van der Waals surface area contributed by atoms with E-state index in [2.05, 4.69) is 20.3 Å². The Kier molecular flexibility index (Phi) is 4.94. The van der Waals surface area contributed by atoms with Crippen LogP contribution >= 0.6 is 11.3 Å². The number of amides is 1. The highest BCUT2D eigenvalue weighted by Crippen LogP contribution is 2.29. The highest BCUT2D eigenvalue weighted by molar-refractivity contribution is 7.19. The van der Waals surface area contributed by atoms with E-state index in [1.54, 1.807) is 11.1 Å². The van der Waals surface area contributed by atoms with Gasteiger partial charge in [-0.25, -0.2) is 14.4 Å². The number of carbonyl (C=O) groups is 1. The van der Waals surface area contributed by atoms with Crippen LogP contribution in [0.5, 0.6) is 0 Å². The van der Waals surface area contributed by atoms with Crippen LogP contribution in [0.4, 0.5) is 10.3 Å². The zero-order valence-electron chi connectivity index (χ0n) is 15.6. The Hall–Kier alpha value is -2.65. The van der Waals surface area contributed by atoms with Crippen molar-refractivity contribution in [2.45, 2.75) is 32.4 Å². The molecule has 0 saturated carbocycles. The third kappa shape index (κ3) is 3.67. The van der Waals surface area contributed by atoms with Crippen LogP contribution in [0.15, 0.2) is 24.5 Å². The van der Waals surface area contributed by atoms with Gasteiger partial charge in [0.25, 0.3) is 5.91 Å². The number of aryl methyl sites for hydroxylation is 1. The second-order valence-corrected chi connectivity index (χ2v) is 8.33. The van der Waals surface area contributed by atoms with Crippen molar-refractivity contribution in [2.24, 2.45) is 5.73 Å². The van der Waals surface area contributed by atoms with Gasteiger partial charge < -0.3 is 16.0 Å². The fraction of sp³-hybridized carbons (Fsp3) is 0.368. The molecule has 1 amide bonds. The number of pyridine rings is 1. The summed E-state index contributed by atoms with van der Waals surface area (Å²) >= 11 is 1.50. The minimum atomic E-state index is -0.405. The van der Waals surface area contributed by atoms with Crippen molar-refractivity contribution in [3.63, 3.8) is 0 Å². The highest BCUT2D eigenvalue weighted by Gasteiger charge is 2.28. The summed E-state index contributed by atoms with van der Waals surface area (Å²) in [6.07, 6.45) is 3.54. The van der Waals surface area contributed by atoms with E-state index in [1.165, 1.54) is 17.4 Å². The molecule has 1 aliphatic rings. The number of nitrogens with zero attached hydrogens (tertiary/aromatic N) is 4. The summed E-state index contributed by atoms with van der Waals surface area (Å²) < 4.78 is 14.2. The van der Waals surface area contributed by atoms with Crippen molar-refractivity contribution in [1.82, 2.24) is 19.9 Å². The number of nitrogens with two attached hydrogens (primary N) is 1. The summed E-state index contributed by atoms with van der Waals surface area (Å²) in [7, 11) is 0. The molecule has 0 aromatic carbocycles. The zero-order valence-corrected chi connectivity index (χ0v) is 16.5. The van der Waals surface area contributed by atoms with Crippen LogP contribution in [0.2, 0.25) is 0 Å². The van der Waals surface area contributed by atoms with Crippen molar-refractivity contribution < 1.29 is 9.18 Å². The minimum absolute atomic E-state index is 0.00412. The predicted octanol–water partition coefficient (Wildman–Crippen LogP) is 2.88. The first kappa shape index (κ1) is 18.7. The van der Waals surface area contributed by atoms with Crippen LogP contribution in [0.1, 0.15) is 40.3 Å². The second-order valence-electron chi connectivity index (χ2n) is 7.07. The molecule has 2 atom stereocenters. The maximum Gasteiger partial charge on any atom is 0.274 e. The molecular weight excluding hydrogens is 379 g/mol. The van der Waals surface area contributed by atoms with E-state index in [1.807, 2.05) is 19.9 Å². The van der Waals surface area contributed by atoms with Crippen molar-refractivity contribution in [2.75, 3.05) is 18.4 Å². The first-order chi connectivity index (χ1) is 13.4. The number of aromatic nitrogens is 3. The number of thiophene rings is 1. The van der Waals surface area contributed by atoms with E-state index in [0.29, 0.717) is 30.3 Å². The van der Waals surface area contributed by atoms with Gasteiger partial charge in [-0.3, -0.25) is 9.78 Å². The lowest BCUT2D eigenvalue weighted by atomic mass is 10.1. The molecular formula is C19H21FN6OS. The number of rotatable bonds is 4. The molecule has 1 fully saturated rings. The molecule has 4 heterocycles. The molecule has 0 bridgehead atoms. The fourth-order valence-electron chi connectivity index (χ4n) is 3.32. The van der Waals surface area contributed by atoms with Gasteiger partial charge in [-0.15, -0.1) is 11.3 Å². The Labute approximate surface area is 165 Å². The molecule has 3 aromatic rings. The van der Waals surface area contributed by atoms with Gasteiger partial charge in [0.15, 0.2) is 5.69 Å². The van der Waals surface area contributed by atoms with Crippen molar-refractivity contribution in [3.8, 4) is 0 Å². The highest BCUT2D eigenvalue weighted by atomic mass is 32.1. The van der Waals surface area contributed by atoms with E-state index in [-0.39, 0.29) is 18.0 Å². The summed E-state index contributed by atoms with van der Waals surface area (Å²) in [6.45, 7) is 5.00. The van der Waals surface area contributed by atoms with Crippen LogP contribution in [0, 0.1) is 12.7 Å². The molecule has 1 saturated heterocycles. The molecule has 0 unspecified atom stereocenters. The Balaban J connectivity index is 1.68. The summed E-state index contributed by atoms with van der Waals surface area (Å²) in [4.78, 5) is 28.8. The van der Waals surface area contributed by atoms with Gasteiger partial charge in [0.2, 0.25) is 5.95 Å². The monoisotopic (exact) mass is 400 g/mol. The number of nitrogens with one attached hydrogen (secondary N) is 1. The van der Waals surface area contributed by atoms with Crippen molar-refractivity contribution in [1.29, 1.82) is 0 Å². The molecule has 1 aliphatic heterocycles. The average molecular weight is 400 g/mol. The lowest BCUT2D eigenvalue weighted by molar-refractivity contribution is 0.0787. The molecule has 146 valence electrons. The molecule has 28 heavy (non-hydrogen) atoms. The van der Waals surface area contributed by atoms with Gasteiger partial charge in [-0.05, 0) is 38.0 Å². The quantitative estimate of drug-likeness (QED) is 0.699. The summed E-state index contributed by atoms with van der Waals surface area (Å²) in [5, 5.41) is 3.16. The number of carbonyl (C=O) groups excluding carboxylic acids is 1. The Morgan fingerprint density at radius 2 is 2.21 bits per heavy atom. The lowest BCUT2D eigenvalue weighted by Crippen LogP contribution is -2.32. The first-order valence-electron chi connectivity index (χ1n) is 9.10. The van der Waals surface area contributed by atoms with Crippen molar-refractivity contribution >= 4 is 33.4 Å². The average Bonchev–Trinajstić information content (AvgIpc) is 3.25. The largest absolute Gasteiger partial charge is 0.348 e. The van der Waals surface area contributed by atoms with Gasteiger partial charge in [-0.1, -0.05) is 0 Å². The maximum atomic E-state index is 13.5. The number of halogens is 1. The number of fused-ring (bicyclic) bond motifs is 1. The number of hydrogen-bond acceptors (Lipinski definition) is 7. The van der Waals surface area contributed by atoms with Gasteiger partial charge >= 0.3 is 0 Å². The Morgan fingerprint density at radius 1 is 1.39 bits per heavy atom. The Morgan fingerprint density at radius 3 is 2.93 bits per heavy atom. The molecule has 0 spiro atoms. The molecule has 3 N–H and O–H groups in total. The van der Waals surface area contributed by atoms with Gasteiger partial charge in [0, 0.05) is 30.2 Å². The first-order valence-corrected chi connectivity index (χ1v) is 9.92. The third-order valence-electron chi connectivity index (χ3n) is 4.78. The predicted molar refractivity (Wildman–Crippen MR) is 107 cm³/mol. The summed E-state index contributed by atoms with van der Waals surface area (Å²) in [5.41, 5.74) is 7.73. The molecule has 0 aliphatic carbocycles. The third-order valence-corrected chi connectivity index (χ3v) is 5.83.